The number of amides is 1. The van der Waals surface area contributed by atoms with E-state index in [2.05, 4.69) is 22.8 Å². The maximum atomic E-state index is 11.9. The summed E-state index contributed by atoms with van der Waals surface area (Å²) in [6, 6.07) is 7.51. The molecule has 1 aromatic heterocycles. The molecule has 1 atom stereocenters. The van der Waals surface area contributed by atoms with E-state index < -0.39 is 0 Å². The lowest BCUT2D eigenvalue weighted by Gasteiger charge is -2.16. The van der Waals surface area contributed by atoms with Crippen LogP contribution in [0.3, 0.4) is 0 Å². The number of hydrogen-bond acceptors (Lipinski definition) is 5. The number of thiol groups is 1. The van der Waals surface area contributed by atoms with E-state index in [1.54, 1.807) is 4.90 Å². The first-order valence-electron chi connectivity index (χ1n) is 6.24. The summed E-state index contributed by atoms with van der Waals surface area (Å²) in [6.45, 7) is 0.727. The molecule has 1 saturated heterocycles. The van der Waals surface area contributed by atoms with Crippen LogP contribution in [0.1, 0.15) is 6.42 Å². The fourth-order valence-corrected chi connectivity index (χ4v) is 2.66. The third-order valence-electron chi connectivity index (χ3n) is 3.33. The van der Waals surface area contributed by atoms with E-state index in [1.807, 2.05) is 24.3 Å². The zero-order valence-corrected chi connectivity index (χ0v) is 12.3. The van der Waals surface area contributed by atoms with Crippen LogP contribution in [-0.2, 0) is 4.79 Å². The molecule has 2 aromatic rings. The summed E-state index contributed by atoms with van der Waals surface area (Å²) >= 11 is 9.11. The minimum atomic E-state index is 0.147. The van der Waals surface area contributed by atoms with Crippen molar-refractivity contribution in [2.45, 2.75) is 6.42 Å². The second-order valence-corrected chi connectivity index (χ2v) is 5.46. The van der Waals surface area contributed by atoms with Crippen LogP contribution in [0.2, 0.25) is 0 Å². The Kier molecular flexibility index (Phi) is 3.62. The second kappa shape index (κ2) is 5.41. The highest BCUT2D eigenvalue weighted by molar-refractivity contribution is 7.80. The number of hydrogen-bond donors (Lipinski definition) is 2. The van der Waals surface area contributed by atoms with Crippen molar-refractivity contribution >= 4 is 36.4 Å². The highest BCUT2D eigenvalue weighted by Gasteiger charge is 2.29. The number of nitrogens with one attached hydrogen (secondary N) is 1. The first kappa shape index (κ1) is 13.4. The van der Waals surface area contributed by atoms with Crippen LogP contribution in [0.5, 0.6) is 0 Å². The Morgan fingerprint density at radius 1 is 1.45 bits per heavy atom. The van der Waals surface area contributed by atoms with Crippen molar-refractivity contribution in [3.8, 4) is 11.5 Å². The van der Waals surface area contributed by atoms with Crippen molar-refractivity contribution in [1.82, 2.24) is 10.2 Å². The van der Waals surface area contributed by atoms with Gasteiger partial charge in [-0.15, -0.1) is 5.10 Å². The third-order valence-corrected chi connectivity index (χ3v) is 4.02. The van der Waals surface area contributed by atoms with Gasteiger partial charge < -0.3 is 9.32 Å². The van der Waals surface area contributed by atoms with Crippen molar-refractivity contribution in [1.29, 1.82) is 0 Å². The molecule has 0 aliphatic carbocycles. The molecule has 5 nitrogen and oxygen atoms in total. The Hall–Kier alpha value is -1.60. The molecule has 0 bridgehead atoms. The Labute approximate surface area is 126 Å². The van der Waals surface area contributed by atoms with Crippen molar-refractivity contribution in [3.63, 3.8) is 0 Å². The fourth-order valence-electron chi connectivity index (χ4n) is 2.29. The molecule has 1 N–H and O–H groups in total. The molecule has 104 valence electrons. The highest BCUT2D eigenvalue weighted by Crippen LogP contribution is 2.27. The van der Waals surface area contributed by atoms with Crippen molar-refractivity contribution in [3.05, 3.63) is 29.1 Å². The number of anilines is 1. The summed E-state index contributed by atoms with van der Waals surface area (Å²) in [4.78, 5) is 14.0. The zero-order chi connectivity index (χ0) is 14.1. The van der Waals surface area contributed by atoms with Gasteiger partial charge in [0.25, 0.3) is 4.84 Å². The Bertz CT molecular complexity index is 677. The molecule has 1 amide bonds. The van der Waals surface area contributed by atoms with Gasteiger partial charge in [0.15, 0.2) is 0 Å². The van der Waals surface area contributed by atoms with Crippen LogP contribution in [0, 0.1) is 10.8 Å². The topological polar surface area (TPSA) is 62.1 Å². The average molecular weight is 307 g/mol. The summed E-state index contributed by atoms with van der Waals surface area (Å²) in [6.07, 6.45) is 0.569. The molecule has 0 spiro atoms. The Balaban J connectivity index is 1.83. The molecule has 1 aliphatic heterocycles. The van der Waals surface area contributed by atoms with E-state index in [9.17, 15) is 4.79 Å². The largest absolute Gasteiger partial charge is 0.409 e. The number of benzene rings is 1. The number of carbonyl (C=O) groups excluding carboxylic acids is 1. The molecule has 20 heavy (non-hydrogen) atoms. The monoisotopic (exact) mass is 307 g/mol. The first-order chi connectivity index (χ1) is 9.67. The molecule has 1 aromatic carbocycles. The van der Waals surface area contributed by atoms with E-state index >= 15 is 0 Å². The van der Waals surface area contributed by atoms with Crippen molar-refractivity contribution in [2.24, 2.45) is 5.92 Å². The second-order valence-electron chi connectivity index (χ2n) is 4.72. The SMILES string of the molecule is O=C1CC(CS)CN1c1ccc(-c2n[nH]c(=S)o2)cc1. The summed E-state index contributed by atoms with van der Waals surface area (Å²) in [5.41, 5.74) is 1.70. The van der Waals surface area contributed by atoms with Gasteiger partial charge >= 0.3 is 0 Å². The fraction of sp³-hybridized carbons (Fsp3) is 0.308. The number of aromatic amines is 1. The van der Waals surface area contributed by atoms with Crippen LogP contribution in [0.4, 0.5) is 5.69 Å². The van der Waals surface area contributed by atoms with E-state index in [-0.39, 0.29) is 10.7 Å². The molecule has 1 aliphatic rings. The average Bonchev–Trinajstić information content (AvgIpc) is 3.05. The first-order valence-corrected chi connectivity index (χ1v) is 7.28. The predicted octanol–water partition coefficient (Wildman–Crippen LogP) is 2.68. The van der Waals surface area contributed by atoms with Crippen molar-refractivity contribution in [2.75, 3.05) is 17.2 Å². The van der Waals surface area contributed by atoms with E-state index in [1.165, 1.54) is 0 Å². The molecule has 3 rings (SSSR count). The van der Waals surface area contributed by atoms with E-state index in [4.69, 9.17) is 16.6 Å². The van der Waals surface area contributed by atoms with Crippen molar-refractivity contribution < 1.29 is 9.21 Å². The smallest absolute Gasteiger partial charge is 0.284 e. The maximum Gasteiger partial charge on any atom is 0.284 e. The van der Waals surface area contributed by atoms with Crippen LogP contribution in [-0.4, -0.2) is 28.4 Å². The predicted molar refractivity (Wildman–Crippen MR) is 81.4 cm³/mol. The molecule has 1 unspecified atom stereocenters. The van der Waals surface area contributed by atoms with Gasteiger partial charge in [-0.05, 0) is 48.2 Å². The number of nitrogens with zero attached hydrogens (tertiary/aromatic N) is 2. The van der Waals surface area contributed by atoms with Crippen LogP contribution >= 0.6 is 24.8 Å². The number of rotatable bonds is 3. The minimum Gasteiger partial charge on any atom is -0.409 e. The van der Waals surface area contributed by atoms with Crippen LogP contribution < -0.4 is 4.90 Å². The maximum absolute atomic E-state index is 11.9. The van der Waals surface area contributed by atoms with E-state index in [0.717, 1.165) is 23.5 Å². The van der Waals surface area contributed by atoms with Crippen LogP contribution in [0.15, 0.2) is 28.7 Å². The molecule has 0 radical (unpaired) electrons. The standard InChI is InChI=1S/C13H13N3O2S2/c17-11-5-8(7-19)6-16(11)10-3-1-9(2-4-10)12-14-15-13(20)18-12/h1-4,8,19H,5-7H2,(H,15,20). The molecule has 2 heterocycles. The lowest BCUT2D eigenvalue weighted by atomic mass is 10.1. The van der Waals surface area contributed by atoms with Gasteiger partial charge in [0.05, 0.1) is 0 Å². The highest BCUT2D eigenvalue weighted by atomic mass is 32.1. The third kappa shape index (κ3) is 2.51. The van der Waals surface area contributed by atoms with Gasteiger partial charge in [0.2, 0.25) is 11.8 Å². The van der Waals surface area contributed by atoms with Gasteiger partial charge in [-0.3, -0.25) is 4.79 Å². The number of H-pyrrole nitrogens is 1. The minimum absolute atomic E-state index is 0.147. The lowest BCUT2D eigenvalue weighted by molar-refractivity contribution is -0.117. The van der Waals surface area contributed by atoms with Gasteiger partial charge in [-0.25, -0.2) is 5.10 Å². The molecule has 0 saturated carbocycles. The number of aromatic nitrogens is 2. The molecular formula is C13H13N3O2S2. The summed E-state index contributed by atoms with van der Waals surface area (Å²) in [7, 11) is 0. The summed E-state index contributed by atoms with van der Waals surface area (Å²) in [5, 5.41) is 6.55. The van der Waals surface area contributed by atoms with Crippen LogP contribution in [0.25, 0.3) is 11.5 Å². The zero-order valence-electron chi connectivity index (χ0n) is 10.6. The Morgan fingerprint density at radius 3 is 2.75 bits per heavy atom. The van der Waals surface area contributed by atoms with Gasteiger partial charge in [-0.1, -0.05) is 0 Å². The summed E-state index contributed by atoms with van der Waals surface area (Å²) < 4.78 is 5.25. The molecular weight excluding hydrogens is 294 g/mol. The summed E-state index contributed by atoms with van der Waals surface area (Å²) in [5.74, 6) is 1.65. The normalized spacial score (nSPS) is 18.8. The quantitative estimate of drug-likeness (QED) is 0.676. The lowest BCUT2D eigenvalue weighted by Crippen LogP contribution is -2.24. The van der Waals surface area contributed by atoms with Gasteiger partial charge in [0.1, 0.15) is 0 Å². The van der Waals surface area contributed by atoms with E-state index in [0.29, 0.717) is 18.2 Å². The molecule has 7 heteroatoms. The molecule has 1 fully saturated rings. The number of carbonyl (C=O) groups is 1. The van der Waals surface area contributed by atoms with Gasteiger partial charge in [-0.2, -0.15) is 12.6 Å². The van der Waals surface area contributed by atoms with Gasteiger partial charge in [0, 0.05) is 24.2 Å². The Morgan fingerprint density at radius 2 is 2.20 bits per heavy atom.